The van der Waals surface area contributed by atoms with Gasteiger partial charge in [0.2, 0.25) is 0 Å². The van der Waals surface area contributed by atoms with E-state index in [-0.39, 0.29) is 0 Å². The van der Waals surface area contributed by atoms with Crippen LogP contribution in [0.1, 0.15) is 5.69 Å². The van der Waals surface area contributed by atoms with Crippen molar-refractivity contribution >= 4 is 26.9 Å². The lowest BCUT2D eigenvalue weighted by Crippen LogP contribution is -1.84. The second-order valence-corrected chi connectivity index (χ2v) is 3.20. The average Bonchev–Trinajstić information content (AvgIpc) is 2.27. The van der Waals surface area contributed by atoms with Crippen LogP contribution in [0.4, 0.5) is 5.13 Å². The summed E-state index contributed by atoms with van der Waals surface area (Å²) in [5, 5.41) is 0.519. The van der Waals surface area contributed by atoms with E-state index in [0.29, 0.717) is 10.8 Å². The number of hydrogen-bond donors (Lipinski definition) is 1. The van der Waals surface area contributed by atoms with Crippen LogP contribution in [0.5, 0.6) is 0 Å². The van der Waals surface area contributed by atoms with Crippen LogP contribution in [0.3, 0.4) is 0 Å². The molecule has 0 saturated heterocycles. The molecule has 2 heterocycles. The monoisotopic (exact) mass is 166 g/mol. The Bertz CT molecular complexity index is 394. The molecule has 56 valence electrons. The van der Waals surface area contributed by atoms with E-state index in [0.717, 1.165) is 10.5 Å². The number of anilines is 1. The molecular weight excluding hydrogens is 160 g/mol. The number of hydrogen-bond acceptors (Lipinski definition) is 5. The molecule has 2 aromatic rings. The molecule has 0 spiro atoms. The van der Waals surface area contributed by atoms with Crippen LogP contribution in [-0.4, -0.2) is 15.0 Å². The zero-order valence-electron chi connectivity index (χ0n) is 5.90. The first kappa shape index (κ1) is 6.48. The Kier molecular flexibility index (Phi) is 1.25. The minimum atomic E-state index is 0.519. The maximum Gasteiger partial charge on any atom is 0.191 e. The predicted octanol–water partition coefficient (Wildman–Crippen LogP) is 0.977. The molecule has 2 N–H and O–H groups in total. The van der Waals surface area contributed by atoms with Crippen molar-refractivity contribution < 1.29 is 0 Å². The number of nitrogens with two attached hydrogens (primary N) is 1. The summed E-state index contributed by atoms with van der Waals surface area (Å²) in [5.41, 5.74) is 7.00. The van der Waals surface area contributed by atoms with Gasteiger partial charge in [0.25, 0.3) is 0 Å². The smallest absolute Gasteiger partial charge is 0.191 e. The molecule has 11 heavy (non-hydrogen) atoms. The van der Waals surface area contributed by atoms with Crippen LogP contribution in [0.25, 0.3) is 10.5 Å². The van der Waals surface area contributed by atoms with Crippen molar-refractivity contribution in [2.24, 2.45) is 0 Å². The summed E-state index contributed by atoms with van der Waals surface area (Å²) in [4.78, 5) is 13.1. The van der Waals surface area contributed by atoms with Crippen molar-refractivity contribution in [3.63, 3.8) is 0 Å². The van der Waals surface area contributed by atoms with E-state index in [1.54, 1.807) is 6.20 Å². The summed E-state index contributed by atoms with van der Waals surface area (Å²) in [5.74, 6) is 0. The van der Waals surface area contributed by atoms with Gasteiger partial charge < -0.3 is 5.73 Å². The molecule has 0 aromatic carbocycles. The highest BCUT2D eigenvalue weighted by molar-refractivity contribution is 7.21. The van der Waals surface area contributed by atoms with Crippen LogP contribution in [-0.2, 0) is 0 Å². The van der Waals surface area contributed by atoms with Crippen molar-refractivity contribution in [1.29, 1.82) is 0 Å². The first-order valence-electron chi connectivity index (χ1n) is 3.11. The molecule has 2 aromatic heterocycles. The van der Waals surface area contributed by atoms with Gasteiger partial charge in [-0.05, 0) is 6.92 Å². The minimum Gasteiger partial charge on any atom is -0.375 e. The Labute approximate surface area is 67.1 Å². The number of rotatable bonds is 0. The van der Waals surface area contributed by atoms with Crippen LogP contribution >= 0.6 is 11.3 Å². The third kappa shape index (κ3) is 1.03. The summed E-state index contributed by atoms with van der Waals surface area (Å²) in [7, 11) is 0. The molecule has 4 nitrogen and oxygen atoms in total. The normalized spacial score (nSPS) is 10.6. The number of fused-ring (bicyclic) bond motifs is 1. The molecule has 0 unspecified atom stereocenters. The van der Waals surface area contributed by atoms with Gasteiger partial charge in [0, 0.05) is 0 Å². The molecule has 5 heteroatoms. The number of aromatic nitrogens is 3. The number of nitrogens with zero attached hydrogens (tertiary/aromatic N) is 3. The summed E-state index contributed by atoms with van der Waals surface area (Å²) in [6.07, 6.45) is 1.68. The zero-order valence-corrected chi connectivity index (χ0v) is 6.72. The van der Waals surface area contributed by atoms with E-state index >= 15 is 0 Å². The molecule has 0 saturated carbocycles. The third-order valence-corrected chi connectivity index (χ3v) is 2.03. The van der Waals surface area contributed by atoms with Gasteiger partial charge in [-0.25, -0.2) is 9.97 Å². The molecular formula is C6H6N4S. The van der Waals surface area contributed by atoms with E-state index in [1.807, 2.05) is 6.92 Å². The maximum atomic E-state index is 5.47. The van der Waals surface area contributed by atoms with Crippen molar-refractivity contribution in [2.45, 2.75) is 6.92 Å². The third-order valence-electron chi connectivity index (χ3n) is 1.26. The second-order valence-electron chi connectivity index (χ2n) is 2.19. The molecule has 0 aliphatic carbocycles. The Balaban J connectivity index is 2.82. The lowest BCUT2D eigenvalue weighted by atomic mass is 10.5. The van der Waals surface area contributed by atoms with Gasteiger partial charge in [-0.1, -0.05) is 11.3 Å². The lowest BCUT2D eigenvalue weighted by Gasteiger charge is -1.86. The second kappa shape index (κ2) is 2.13. The fourth-order valence-corrected chi connectivity index (χ4v) is 1.53. The highest BCUT2D eigenvalue weighted by atomic mass is 32.1. The van der Waals surface area contributed by atoms with Crippen molar-refractivity contribution in [3.8, 4) is 0 Å². The topological polar surface area (TPSA) is 64.7 Å². The predicted molar refractivity (Wildman–Crippen MR) is 44.4 cm³/mol. The Hall–Kier alpha value is -1.23. The van der Waals surface area contributed by atoms with Crippen LogP contribution in [0, 0.1) is 6.92 Å². The Morgan fingerprint density at radius 1 is 1.45 bits per heavy atom. The van der Waals surface area contributed by atoms with Gasteiger partial charge in [-0.15, -0.1) is 0 Å². The molecule has 0 aliphatic heterocycles. The largest absolute Gasteiger partial charge is 0.375 e. The van der Waals surface area contributed by atoms with Crippen LogP contribution < -0.4 is 5.73 Å². The van der Waals surface area contributed by atoms with Gasteiger partial charge in [-0.3, -0.25) is 0 Å². The molecule has 0 atom stereocenters. The molecule has 2 rings (SSSR count). The fourth-order valence-electron chi connectivity index (χ4n) is 0.820. The first-order valence-corrected chi connectivity index (χ1v) is 3.93. The van der Waals surface area contributed by atoms with E-state index in [2.05, 4.69) is 15.0 Å². The average molecular weight is 166 g/mol. The van der Waals surface area contributed by atoms with Gasteiger partial charge in [-0.2, -0.15) is 4.98 Å². The molecule has 0 aliphatic rings. The SMILES string of the molecule is Cc1cnc2nc(N)sc2n1. The number of aryl methyl sites for hydroxylation is 1. The van der Waals surface area contributed by atoms with E-state index in [4.69, 9.17) is 5.73 Å². The van der Waals surface area contributed by atoms with E-state index in [9.17, 15) is 0 Å². The van der Waals surface area contributed by atoms with Crippen LogP contribution in [0.2, 0.25) is 0 Å². The molecule has 0 fully saturated rings. The zero-order chi connectivity index (χ0) is 7.84. The first-order chi connectivity index (χ1) is 5.25. The Morgan fingerprint density at radius 3 is 3.09 bits per heavy atom. The van der Waals surface area contributed by atoms with Crippen molar-refractivity contribution in [3.05, 3.63) is 11.9 Å². The highest BCUT2D eigenvalue weighted by Gasteiger charge is 2.01. The summed E-state index contributed by atoms with van der Waals surface area (Å²) in [6.45, 7) is 1.89. The van der Waals surface area contributed by atoms with E-state index < -0.39 is 0 Å². The number of nitrogen functional groups attached to an aromatic ring is 1. The van der Waals surface area contributed by atoms with Gasteiger partial charge >= 0.3 is 0 Å². The highest BCUT2D eigenvalue weighted by Crippen LogP contribution is 2.19. The minimum absolute atomic E-state index is 0.519. The quantitative estimate of drug-likeness (QED) is 0.633. The van der Waals surface area contributed by atoms with Crippen molar-refractivity contribution in [2.75, 3.05) is 5.73 Å². The molecule has 0 amide bonds. The summed E-state index contributed by atoms with van der Waals surface area (Å²) >= 11 is 1.36. The molecule has 0 radical (unpaired) electrons. The van der Waals surface area contributed by atoms with Gasteiger partial charge in [0.15, 0.2) is 15.6 Å². The summed E-state index contributed by atoms with van der Waals surface area (Å²) in [6, 6.07) is 0. The van der Waals surface area contributed by atoms with Crippen LogP contribution in [0.15, 0.2) is 6.20 Å². The standard InChI is InChI=1S/C6H6N4S/c1-3-2-8-4-5(9-3)11-6(7)10-4/h2H,1H3,(H2,7,8,10). The number of thiazole rings is 1. The fraction of sp³-hybridized carbons (Fsp3) is 0.167. The summed E-state index contributed by atoms with van der Waals surface area (Å²) < 4.78 is 0. The van der Waals surface area contributed by atoms with E-state index in [1.165, 1.54) is 11.3 Å². The molecule has 0 bridgehead atoms. The van der Waals surface area contributed by atoms with Crippen molar-refractivity contribution in [1.82, 2.24) is 15.0 Å². The van der Waals surface area contributed by atoms with Gasteiger partial charge in [0.1, 0.15) is 0 Å². The maximum absolute atomic E-state index is 5.47. The lowest BCUT2D eigenvalue weighted by molar-refractivity contribution is 1.18. The van der Waals surface area contributed by atoms with Gasteiger partial charge in [0.05, 0.1) is 11.9 Å². The Morgan fingerprint density at radius 2 is 2.27 bits per heavy atom.